The highest BCUT2D eigenvalue weighted by Gasteiger charge is 2.65. The third-order valence-corrected chi connectivity index (χ3v) is 6.47. The number of hydrogen-bond donors (Lipinski definition) is 0. The van der Waals surface area contributed by atoms with Crippen LogP contribution >= 0.6 is 0 Å². The Labute approximate surface area is 207 Å². The maximum atomic E-state index is 15.9. The van der Waals surface area contributed by atoms with Gasteiger partial charge in [0.25, 0.3) is 11.4 Å². The molecular formula is C23H22FN3O10. The number of hydrogen-bond acceptors (Lipinski definition) is 11. The first-order chi connectivity index (χ1) is 17.8. The van der Waals surface area contributed by atoms with Gasteiger partial charge in [-0.05, 0) is 25.0 Å². The van der Waals surface area contributed by atoms with Gasteiger partial charge in [-0.1, -0.05) is 12.8 Å². The first kappa shape index (κ1) is 24.6. The van der Waals surface area contributed by atoms with E-state index in [1.807, 2.05) is 0 Å². The molecule has 196 valence electrons. The molecule has 1 aliphatic carbocycles. The van der Waals surface area contributed by atoms with E-state index in [1.165, 1.54) is 24.5 Å². The van der Waals surface area contributed by atoms with Crippen LogP contribution in [0.25, 0.3) is 0 Å². The van der Waals surface area contributed by atoms with Crippen molar-refractivity contribution in [2.24, 2.45) is 5.92 Å². The number of carbonyl (C=O) groups excluding carboxylic acids is 3. The highest BCUT2D eigenvalue weighted by atomic mass is 19.2. The molecule has 1 saturated carbocycles. The van der Waals surface area contributed by atoms with Gasteiger partial charge in [0.05, 0.1) is 11.5 Å². The van der Waals surface area contributed by atoms with Gasteiger partial charge in [0.15, 0.2) is 25.7 Å². The summed E-state index contributed by atoms with van der Waals surface area (Å²) in [6.45, 7) is -1.66. The third-order valence-electron chi connectivity index (χ3n) is 6.47. The Hall–Kier alpha value is -4.07. The molecule has 0 N–H and O–H groups in total. The number of alkyl halides is 1. The van der Waals surface area contributed by atoms with Crippen molar-refractivity contribution >= 4 is 18.1 Å². The molecule has 2 saturated heterocycles. The van der Waals surface area contributed by atoms with E-state index in [9.17, 15) is 24.0 Å². The van der Waals surface area contributed by atoms with Crippen molar-refractivity contribution in [1.29, 1.82) is 0 Å². The first-order valence-electron chi connectivity index (χ1n) is 11.6. The lowest BCUT2D eigenvalue weighted by atomic mass is 10.1. The summed E-state index contributed by atoms with van der Waals surface area (Å²) in [7, 11) is 0. The molecule has 5 rings (SSSR count). The summed E-state index contributed by atoms with van der Waals surface area (Å²) in [6, 6.07) is 3.88. The maximum absolute atomic E-state index is 15.9. The number of aromatic nitrogens is 3. The number of nitrogens with zero attached hydrogens (tertiary/aromatic N) is 3. The molecule has 2 aromatic heterocycles. The molecule has 2 aliphatic heterocycles. The van der Waals surface area contributed by atoms with Crippen molar-refractivity contribution in [3.8, 4) is 0 Å². The second kappa shape index (κ2) is 9.76. The molecule has 4 atom stereocenters. The van der Waals surface area contributed by atoms with E-state index in [2.05, 4.69) is 4.98 Å². The molecule has 4 heterocycles. The van der Waals surface area contributed by atoms with Crippen LogP contribution in [0.3, 0.4) is 0 Å². The molecule has 3 aliphatic rings. The molecule has 0 spiro atoms. The molecule has 0 bridgehead atoms. The Bertz CT molecular complexity index is 1320. The number of halogens is 1. The van der Waals surface area contributed by atoms with Gasteiger partial charge in [-0.3, -0.25) is 19.1 Å². The van der Waals surface area contributed by atoms with E-state index in [1.54, 1.807) is 0 Å². The largest absolute Gasteiger partial charge is 0.509 e. The van der Waals surface area contributed by atoms with Gasteiger partial charge < -0.3 is 23.7 Å². The van der Waals surface area contributed by atoms with Gasteiger partial charge in [0, 0.05) is 24.7 Å². The Morgan fingerprint density at radius 1 is 1.14 bits per heavy atom. The minimum atomic E-state index is -2.88. The van der Waals surface area contributed by atoms with Gasteiger partial charge in [-0.2, -0.15) is 0 Å². The van der Waals surface area contributed by atoms with Crippen LogP contribution in [-0.2, 0) is 35.2 Å². The van der Waals surface area contributed by atoms with Crippen LogP contribution in [-0.4, -0.2) is 56.9 Å². The van der Waals surface area contributed by atoms with Crippen molar-refractivity contribution in [2.45, 2.75) is 56.7 Å². The van der Waals surface area contributed by atoms with E-state index in [0.29, 0.717) is 17.4 Å². The predicted octanol–water partition coefficient (Wildman–Crippen LogP) is 1.05. The van der Waals surface area contributed by atoms with Crippen molar-refractivity contribution in [2.75, 3.05) is 6.61 Å². The predicted molar refractivity (Wildman–Crippen MR) is 117 cm³/mol. The monoisotopic (exact) mass is 519 g/mol. The lowest BCUT2D eigenvalue weighted by molar-refractivity contribution is -0.211. The average Bonchev–Trinajstić information content (AvgIpc) is 3.62. The van der Waals surface area contributed by atoms with Gasteiger partial charge >= 0.3 is 23.8 Å². The topological polar surface area (TPSA) is 154 Å². The normalized spacial score (nSPS) is 26.8. The number of esters is 2. The molecule has 0 unspecified atom stereocenters. The minimum Gasteiger partial charge on any atom is -0.456 e. The molecule has 14 heteroatoms. The third kappa shape index (κ3) is 4.71. The second-order valence-corrected chi connectivity index (χ2v) is 8.83. The molecule has 3 fully saturated rings. The summed E-state index contributed by atoms with van der Waals surface area (Å²) < 4.78 is 42.8. The van der Waals surface area contributed by atoms with E-state index < -0.39 is 67.0 Å². The zero-order chi connectivity index (χ0) is 26.2. The quantitative estimate of drug-likeness (QED) is 0.381. The highest BCUT2D eigenvalue weighted by Crippen LogP contribution is 2.44. The maximum Gasteiger partial charge on any atom is 0.509 e. The Morgan fingerprint density at radius 3 is 2.65 bits per heavy atom. The Morgan fingerprint density at radius 2 is 1.92 bits per heavy atom. The van der Waals surface area contributed by atoms with Crippen molar-refractivity contribution in [3.63, 3.8) is 0 Å². The minimum absolute atomic E-state index is 0.0484. The smallest absolute Gasteiger partial charge is 0.456 e. The van der Waals surface area contributed by atoms with Crippen molar-refractivity contribution in [1.82, 2.24) is 14.1 Å². The summed E-state index contributed by atoms with van der Waals surface area (Å²) in [6.07, 6.45) is 0.882. The summed E-state index contributed by atoms with van der Waals surface area (Å²) in [5, 5.41) is 0. The van der Waals surface area contributed by atoms with E-state index >= 15 is 4.39 Å². The van der Waals surface area contributed by atoms with E-state index in [-0.39, 0.29) is 11.5 Å². The van der Waals surface area contributed by atoms with Crippen molar-refractivity contribution < 1.29 is 42.5 Å². The molecule has 13 nitrogen and oxygen atoms in total. The van der Waals surface area contributed by atoms with Gasteiger partial charge in [-0.25, -0.2) is 23.3 Å². The molecule has 0 amide bonds. The van der Waals surface area contributed by atoms with Gasteiger partial charge in [0.1, 0.15) is 0 Å². The fourth-order valence-electron chi connectivity index (χ4n) is 4.56. The van der Waals surface area contributed by atoms with Crippen LogP contribution in [0.2, 0.25) is 0 Å². The highest BCUT2D eigenvalue weighted by molar-refractivity contribution is 5.88. The Balaban J connectivity index is 1.36. The lowest BCUT2D eigenvalue weighted by Gasteiger charge is -2.23. The van der Waals surface area contributed by atoms with Crippen LogP contribution in [0.4, 0.5) is 9.18 Å². The Kier molecular flexibility index (Phi) is 6.50. The van der Waals surface area contributed by atoms with Crippen LogP contribution in [0, 0.1) is 5.92 Å². The molecule has 37 heavy (non-hydrogen) atoms. The van der Waals surface area contributed by atoms with E-state index in [0.717, 1.165) is 29.7 Å². The second-order valence-electron chi connectivity index (χ2n) is 8.83. The number of carbonyl (C=O) groups is 3. The zero-order valence-corrected chi connectivity index (χ0v) is 19.3. The molecule has 2 aromatic rings. The fraction of sp³-hybridized carbons (Fsp3) is 0.478. The van der Waals surface area contributed by atoms with Crippen LogP contribution in [0.1, 0.15) is 42.3 Å². The molecule has 0 radical (unpaired) electrons. The number of rotatable bonds is 7. The van der Waals surface area contributed by atoms with Crippen LogP contribution in [0.15, 0.2) is 46.4 Å². The molecule has 0 aromatic carbocycles. The van der Waals surface area contributed by atoms with Crippen LogP contribution < -0.4 is 11.2 Å². The summed E-state index contributed by atoms with van der Waals surface area (Å²) in [5.41, 5.74) is -1.73. The number of pyridine rings is 1. The van der Waals surface area contributed by atoms with Gasteiger partial charge in [0.2, 0.25) is 6.10 Å². The number of ether oxygens (including phenoxy) is 5. The zero-order valence-electron chi connectivity index (χ0n) is 19.3. The van der Waals surface area contributed by atoms with Gasteiger partial charge in [-0.15, -0.1) is 0 Å². The fourth-order valence-corrected chi connectivity index (χ4v) is 4.56. The van der Waals surface area contributed by atoms with Crippen LogP contribution in [0.5, 0.6) is 0 Å². The lowest BCUT2D eigenvalue weighted by Crippen LogP contribution is -2.43. The average molecular weight is 519 g/mol. The summed E-state index contributed by atoms with van der Waals surface area (Å²) in [4.78, 5) is 65.5. The molecular weight excluding hydrogens is 497 g/mol. The standard InChI is InChI=1S/C23H22FN3O10/c24-23(11-33-20(30)14-6-3-8-25-10-14)17-16(35-22(32)36-17)18(37-23)26-9-7-15(28)27(21(26)31)12-34-19(29)13-4-1-2-5-13/h3,6-10,13,16-18H,1-2,4-5,11-12H2/t16-,17+,18-,23-/m1/s1. The van der Waals surface area contributed by atoms with Crippen molar-refractivity contribution in [3.05, 3.63) is 63.2 Å². The first-order valence-corrected chi connectivity index (χ1v) is 11.6. The number of fused-ring (bicyclic) bond motifs is 1. The summed E-state index contributed by atoms with van der Waals surface area (Å²) >= 11 is 0. The SMILES string of the molecule is O=C1O[C@H]2[C@H](n3ccc(=O)n(COC(=O)C4CCCC4)c3=O)O[C@](F)(COC(=O)c3cccnc3)[C@H]2O1. The summed E-state index contributed by atoms with van der Waals surface area (Å²) in [5.74, 6) is -4.60. The van der Waals surface area contributed by atoms with E-state index in [4.69, 9.17) is 23.7 Å².